The molecule has 0 saturated carbocycles. The van der Waals surface area contributed by atoms with E-state index in [1.807, 2.05) is 0 Å². The largest absolute Gasteiger partial charge is 0.573 e. The highest BCUT2D eigenvalue weighted by Crippen LogP contribution is 2.26. The van der Waals surface area contributed by atoms with Crippen molar-refractivity contribution in [3.63, 3.8) is 0 Å². The molecule has 2 aromatic heterocycles. The van der Waals surface area contributed by atoms with Crippen molar-refractivity contribution in [1.82, 2.24) is 25.3 Å². The molecule has 0 fully saturated rings. The number of alkyl halides is 3. The molecule has 0 amide bonds. The molecule has 6 nitrogen and oxygen atoms in total. The monoisotopic (exact) mass is 361 g/mol. The van der Waals surface area contributed by atoms with E-state index in [1.165, 1.54) is 30.5 Å². The van der Waals surface area contributed by atoms with Crippen LogP contribution in [0.1, 0.15) is 5.82 Å². The van der Waals surface area contributed by atoms with Crippen LogP contribution in [0.25, 0.3) is 22.5 Å². The minimum absolute atomic E-state index is 0.293. The number of nitrogens with zero attached hydrogens (tertiary/aromatic N) is 4. The van der Waals surface area contributed by atoms with Gasteiger partial charge in [0, 0.05) is 23.5 Å². The molecule has 2 heterocycles. The first-order valence-electron chi connectivity index (χ1n) is 7.59. The first-order valence-corrected chi connectivity index (χ1v) is 7.59. The highest BCUT2D eigenvalue weighted by molar-refractivity contribution is 5.64. The van der Waals surface area contributed by atoms with Gasteiger partial charge in [-0.25, -0.2) is 15.0 Å². The van der Waals surface area contributed by atoms with Gasteiger partial charge >= 0.3 is 6.36 Å². The third-order valence-electron chi connectivity index (χ3n) is 3.35. The van der Waals surface area contributed by atoms with Crippen molar-refractivity contribution in [2.75, 3.05) is 7.05 Å². The van der Waals surface area contributed by atoms with E-state index in [1.54, 1.807) is 25.6 Å². The minimum atomic E-state index is -4.72. The van der Waals surface area contributed by atoms with Crippen LogP contribution in [0, 0.1) is 0 Å². The van der Waals surface area contributed by atoms with Gasteiger partial charge in [-0.2, -0.15) is 0 Å². The zero-order chi connectivity index (χ0) is 18.6. The Kier molecular flexibility index (Phi) is 5.08. The number of hydrogen-bond donors (Lipinski definition) is 1. The Balaban J connectivity index is 1.82. The molecule has 1 N–H and O–H groups in total. The van der Waals surface area contributed by atoms with Crippen LogP contribution in [0.3, 0.4) is 0 Å². The zero-order valence-electron chi connectivity index (χ0n) is 13.7. The Bertz CT molecular complexity index is 867. The number of aromatic nitrogens is 4. The van der Waals surface area contributed by atoms with Crippen LogP contribution in [0.5, 0.6) is 5.75 Å². The number of halogens is 3. The molecule has 3 aromatic rings. The van der Waals surface area contributed by atoms with Crippen molar-refractivity contribution in [3.05, 3.63) is 54.9 Å². The third-order valence-corrected chi connectivity index (χ3v) is 3.35. The summed E-state index contributed by atoms with van der Waals surface area (Å²) in [5.74, 6) is 0.361. The molecule has 0 unspecified atom stereocenters. The summed E-state index contributed by atoms with van der Waals surface area (Å²) in [6.07, 6.45) is 1.67. The van der Waals surface area contributed by atoms with Gasteiger partial charge < -0.3 is 10.1 Å². The van der Waals surface area contributed by atoms with Crippen molar-refractivity contribution >= 4 is 0 Å². The molecule has 1 aromatic carbocycles. The van der Waals surface area contributed by atoms with Crippen molar-refractivity contribution < 1.29 is 17.9 Å². The molecule has 0 radical (unpaired) electrons. The molecule has 9 heteroatoms. The quantitative estimate of drug-likeness (QED) is 0.752. The molecule has 0 aliphatic rings. The Morgan fingerprint density at radius 2 is 1.54 bits per heavy atom. The van der Waals surface area contributed by atoms with E-state index in [-0.39, 0.29) is 5.75 Å². The number of rotatable bonds is 5. The van der Waals surface area contributed by atoms with Crippen LogP contribution in [0.4, 0.5) is 13.2 Å². The fraction of sp³-hybridized carbons (Fsp3) is 0.176. The Hall–Kier alpha value is -3.07. The Morgan fingerprint density at radius 3 is 2.12 bits per heavy atom. The van der Waals surface area contributed by atoms with Gasteiger partial charge in [0.05, 0.1) is 30.3 Å². The summed E-state index contributed by atoms with van der Waals surface area (Å²) in [7, 11) is 1.80. The van der Waals surface area contributed by atoms with E-state index < -0.39 is 6.36 Å². The summed E-state index contributed by atoms with van der Waals surface area (Å²) in [6, 6.07) is 5.43. The molecule has 26 heavy (non-hydrogen) atoms. The predicted molar refractivity (Wildman–Crippen MR) is 87.9 cm³/mol. The standard InChI is InChI=1S/C17H14F3N5O/c1-21-10-16-23-6-12(7-24-16)15-9-22-8-14(25-15)11-2-4-13(5-3-11)26-17(18,19)20/h2-9,21H,10H2,1H3. The number of nitrogens with one attached hydrogen (secondary N) is 1. The number of ether oxygens (including phenoxy) is 1. The third kappa shape index (κ3) is 4.51. The van der Waals surface area contributed by atoms with Crippen molar-refractivity contribution in [1.29, 1.82) is 0 Å². The Labute approximate surface area is 147 Å². The van der Waals surface area contributed by atoms with Crippen molar-refractivity contribution in [2.24, 2.45) is 0 Å². The second kappa shape index (κ2) is 7.44. The van der Waals surface area contributed by atoms with Crippen molar-refractivity contribution in [3.8, 4) is 28.3 Å². The lowest BCUT2D eigenvalue weighted by molar-refractivity contribution is -0.274. The number of benzene rings is 1. The second-order valence-electron chi connectivity index (χ2n) is 5.28. The molecule has 0 aliphatic heterocycles. The zero-order valence-corrected chi connectivity index (χ0v) is 13.7. The van der Waals surface area contributed by atoms with Gasteiger partial charge in [0.15, 0.2) is 0 Å². The van der Waals surface area contributed by atoms with Crippen LogP contribution in [-0.4, -0.2) is 33.3 Å². The van der Waals surface area contributed by atoms with Gasteiger partial charge in [-0.05, 0) is 31.3 Å². The molecule has 0 spiro atoms. The summed E-state index contributed by atoms with van der Waals surface area (Å²) in [5.41, 5.74) is 2.38. The van der Waals surface area contributed by atoms with Gasteiger partial charge in [-0.3, -0.25) is 4.98 Å². The average molecular weight is 361 g/mol. The average Bonchev–Trinajstić information content (AvgIpc) is 2.62. The van der Waals surface area contributed by atoms with Gasteiger partial charge in [0.2, 0.25) is 0 Å². The molecule has 0 saturated heterocycles. The number of hydrogen-bond acceptors (Lipinski definition) is 6. The molecule has 0 bridgehead atoms. The van der Waals surface area contributed by atoms with Crippen LogP contribution >= 0.6 is 0 Å². The predicted octanol–water partition coefficient (Wildman–Crippen LogP) is 3.22. The lowest BCUT2D eigenvalue weighted by atomic mass is 10.1. The molecule has 3 rings (SSSR count). The minimum Gasteiger partial charge on any atom is -0.406 e. The molecular weight excluding hydrogens is 347 g/mol. The smallest absolute Gasteiger partial charge is 0.406 e. The van der Waals surface area contributed by atoms with E-state index in [4.69, 9.17) is 0 Å². The van der Waals surface area contributed by atoms with Crippen molar-refractivity contribution in [2.45, 2.75) is 12.9 Å². The summed E-state index contributed by atoms with van der Waals surface area (Å²) in [6.45, 7) is 0.554. The molecule has 134 valence electrons. The normalized spacial score (nSPS) is 11.4. The first kappa shape index (κ1) is 17.7. The highest BCUT2D eigenvalue weighted by atomic mass is 19.4. The lowest BCUT2D eigenvalue weighted by Gasteiger charge is -2.09. The van der Waals surface area contributed by atoms with E-state index >= 15 is 0 Å². The van der Waals surface area contributed by atoms with E-state index in [9.17, 15) is 13.2 Å². The summed E-state index contributed by atoms with van der Waals surface area (Å²) in [5, 5.41) is 2.96. The maximum Gasteiger partial charge on any atom is 0.573 e. The first-order chi connectivity index (χ1) is 12.4. The maximum absolute atomic E-state index is 12.2. The topological polar surface area (TPSA) is 72.8 Å². The van der Waals surface area contributed by atoms with Crippen LogP contribution < -0.4 is 10.1 Å². The highest BCUT2D eigenvalue weighted by Gasteiger charge is 2.30. The van der Waals surface area contributed by atoms with Gasteiger partial charge in [-0.1, -0.05) is 0 Å². The van der Waals surface area contributed by atoms with E-state index in [2.05, 4.69) is 30.0 Å². The summed E-state index contributed by atoms with van der Waals surface area (Å²) in [4.78, 5) is 17.1. The summed E-state index contributed by atoms with van der Waals surface area (Å²) >= 11 is 0. The van der Waals surface area contributed by atoms with Gasteiger partial charge in [-0.15, -0.1) is 13.2 Å². The van der Waals surface area contributed by atoms with Gasteiger partial charge in [0.25, 0.3) is 0 Å². The van der Waals surface area contributed by atoms with E-state index in [0.29, 0.717) is 34.9 Å². The van der Waals surface area contributed by atoms with Crippen LogP contribution in [0.15, 0.2) is 49.1 Å². The molecular formula is C17H14F3N5O. The van der Waals surface area contributed by atoms with E-state index in [0.717, 1.165) is 0 Å². The summed E-state index contributed by atoms with van der Waals surface area (Å²) < 4.78 is 40.5. The lowest BCUT2D eigenvalue weighted by Crippen LogP contribution is -2.16. The van der Waals surface area contributed by atoms with Crippen LogP contribution in [-0.2, 0) is 6.54 Å². The Morgan fingerprint density at radius 1 is 0.923 bits per heavy atom. The maximum atomic E-state index is 12.2. The molecule has 0 aliphatic carbocycles. The SMILES string of the molecule is CNCc1ncc(-c2cncc(-c3ccc(OC(F)(F)F)cc3)n2)cn1. The van der Waals surface area contributed by atoms with Crippen LogP contribution in [0.2, 0.25) is 0 Å². The fourth-order valence-electron chi connectivity index (χ4n) is 2.21. The second-order valence-corrected chi connectivity index (χ2v) is 5.28. The fourth-order valence-corrected chi connectivity index (χ4v) is 2.21. The molecule has 0 atom stereocenters. The van der Waals surface area contributed by atoms with Gasteiger partial charge in [0.1, 0.15) is 11.6 Å².